The number of hydrogen-bond donors (Lipinski definition) is 1. The maximum atomic E-state index is 5.10. The average Bonchev–Trinajstić information content (AvgIpc) is 2.79. The quantitative estimate of drug-likeness (QED) is 0.470. The minimum atomic E-state index is 0.0980. The number of anilines is 3. The van der Waals surface area contributed by atoms with Gasteiger partial charge in [-0.15, -0.1) is 0 Å². The molecule has 1 aromatic heterocycles. The van der Waals surface area contributed by atoms with Crippen LogP contribution in [0.25, 0.3) is 0 Å². The summed E-state index contributed by atoms with van der Waals surface area (Å²) >= 11 is 0. The average molecular weight is 517 g/mol. The topological polar surface area (TPSA) is 63.7 Å². The third kappa shape index (κ3) is 6.32. The fourth-order valence-electron chi connectivity index (χ4n) is 6.64. The first kappa shape index (κ1) is 29.9. The minimum absolute atomic E-state index is 0.0980. The lowest BCUT2D eigenvalue weighted by Crippen LogP contribution is -2.62. The molecule has 2 aliphatic rings. The molecule has 0 atom stereocenters. The third-order valence-corrected chi connectivity index (χ3v) is 9.72. The molecule has 0 bridgehead atoms. The maximum absolute atomic E-state index is 5.10. The van der Waals surface area contributed by atoms with Crippen LogP contribution in [0.5, 0.6) is 0 Å². The summed E-state index contributed by atoms with van der Waals surface area (Å²) in [5.41, 5.74) is 0.392. The molecule has 0 aliphatic carbocycles. The van der Waals surface area contributed by atoms with Crippen LogP contribution in [0.15, 0.2) is 0 Å². The zero-order valence-corrected chi connectivity index (χ0v) is 26.2. The van der Waals surface area contributed by atoms with Crippen molar-refractivity contribution in [2.24, 2.45) is 0 Å². The number of nitrogens with one attached hydrogen (secondary N) is 1. The van der Waals surface area contributed by atoms with E-state index in [4.69, 9.17) is 15.0 Å². The molecule has 0 aromatic carbocycles. The van der Waals surface area contributed by atoms with Gasteiger partial charge in [0.1, 0.15) is 0 Å². The van der Waals surface area contributed by atoms with Crippen LogP contribution in [0, 0.1) is 0 Å². The molecule has 0 radical (unpaired) electrons. The van der Waals surface area contributed by atoms with Gasteiger partial charge in [-0.25, -0.2) is 0 Å². The molecule has 2 fully saturated rings. The number of piperidine rings is 2. The number of aromatic nitrogens is 3. The third-order valence-electron chi connectivity index (χ3n) is 9.72. The van der Waals surface area contributed by atoms with Crippen LogP contribution >= 0.6 is 0 Å². The van der Waals surface area contributed by atoms with E-state index >= 15 is 0 Å². The minimum Gasteiger partial charge on any atom is -0.354 e. The van der Waals surface area contributed by atoms with Crippen LogP contribution in [-0.2, 0) is 0 Å². The summed E-state index contributed by atoms with van der Waals surface area (Å²) in [6, 6.07) is 0.706. The highest BCUT2D eigenvalue weighted by molar-refractivity contribution is 5.46. The van der Waals surface area contributed by atoms with Crippen LogP contribution in [0.2, 0.25) is 0 Å². The molecule has 0 unspecified atom stereocenters. The number of hydrogen-bond acceptors (Lipinski definition) is 8. The molecule has 8 nitrogen and oxygen atoms in total. The Labute approximate surface area is 227 Å². The highest BCUT2D eigenvalue weighted by Crippen LogP contribution is 2.41. The molecule has 1 aromatic rings. The summed E-state index contributed by atoms with van der Waals surface area (Å²) in [5.74, 6) is 2.22. The molecule has 2 saturated heterocycles. The van der Waals surface area contributed by atoms with Crippen molar-refractivity contribution in [2.75, 3.05) is 49.9 Å². The smallest absolute Gasteiger partial charge is 0.231 e. The highest BCUT2D eigenvalue weighted by Gasteiger charge is 2.46. The van der Waals surface area contributed by atoms with E-state index in [1.54, 1.807) is 0 Å². The summed E-state index contributed by atoms with van der Waals surface area (Å²) in [6.07, 6.45) is 6.49. The molecule has 37 heavy (non-hydrogen) atoms. The van der Waals surface area contributed by atoms with Crippen molar-refractivity contribution >= 4 is 17.8 Å². The molecule has 0 spiro atoms. The molecular weight excluding hydrogens is 460 g/mol. The van der Waals surface area contributed by atoms with Crippen molar-refractivity contribution in [2.45, 2.75) is 135 Å². The fraction of sp³-hybridized carbons (Fsp3) is 0.897. The largest absolute Gasteiger partial charge is 0.354 e. The lowest BCUT2D eigenvalue weighted by Gasteiger charge is -2.55. The number of unbranched alkanes of at least 4 members (excludes halogenated alkanes) is 1. The van der Waals surface area contributed by atoms with E-state index in [9.17, 15) is 0 Å². The van der Waals surface area contributed by atoms with E-state index in [0.717, 1.165) is 57.0 Å². The molecule has 1 N–H and O–H groups in total. The van der Waals surface area contributed by atoms with Crippen molar-refractivity contribution in [3.63, 3.8) is 0 Å². The fourth-order valence-corrected chi connectivity index (χ4v) is 6.64. The van der Waals surface area contributed by atoms with Gasteiger partial charge in [-0.2, -0.15) is 15.0 Å². The number of likely N-dealkylation sites (tertiary alicyclic amines) is 2. The van der Waals surface area contributed by atoms with Crippen LogP contribution in [0.3, 0.4) is 0 Å². The van der Waals surface area contributed by atoms with Crippen LogP contribution < -0.4 is 15.1 Å². The SMILES string of the molecule is CCCCNc1nc(N(C)C2CC(C)(C)N(C)C(C)(C)C2)nc(N(C)C2CC(C)(C)N(C)C(C)(C)C2)n1. The molecular formula is C29H56N8. The van der Waals surface area contributed by atoms with E-state index in [1.807, 2.05) is 0 Å². The van der Waals surface area contributed by atoms with Gasteiger partial charge in [-0.1, -0.05) is 13.3 Å². The summed E-state index contributed by atoms with van der Waals surface area (Å²) in [5, 5.41) is 3.49. The van der Waals surface area contributed by atoms with Gasteiger partial charge in [-0.3, -0.25) is 9.80 Å². The number of nitrogens with zero attached hydrogens (tertiary/aromatic N) is 7. The van der Waals surface area contributed by atoms with Crippen LogP contribution in [0.4, 0.5) is 17.8 Å². The van der Waals surface area contributed by atoms with Crippen molar-refractivity contribution < 1.29 is 0 Å². The Bertz CT molecular complexity index is 822. The Morgan fingerprint density at radius 2 is 1.05 bits per heavy atom. The molecule has 0 amide bonds. The lowest BCUT2D eigenvalue weighted by atomic mass is 9.77. The Kier molecular flexibility index (Phi) is 8.46. The first-order chi connectivity index (χ1) is 16.9. The normalized spacial score (nSPS) is 24.1. The van der Waals surface area contributed by atoms with E-state index in [2.05, 4.69) is 115 Å². The second-order valence-electron chi connectivity index (χ2n) is 14.3. The van der Waals surface area contributed by atoms with Crippen molar-refractivity contribution in [1.29, 1.82) is 0 Å². The summed E-state index contributed by atoms with van der Waals surface area (Å²) in [7, 11) is 8.84. The molecule has 3 rings (SSSR count). The lowest BCUT2D eigenvalue weighted by molar-refractivity contribution is -0.0121. The van der Waals surface area contributed by atoms with Crippen LogP contribution in [-0.4, -0.2) is 93.7 Å². The monoisotopic (exact) mass is 516 g/mol. The van der Waals surface area contributed by atoms with E-state index < -0.39 is 0 Å². The predicted octanol–water partition coefficient (Wildman–Crippen LogP) is 5.26. The molecule has 3 heterocycles. The Balaban J connectivity index is 1.95. The summed E-state index contributed by atoms with van der Waals surface area (Å²) < 4.78 is 0. The first-order valence-corrected chi connectivity index (χ1v) is 14.3. The van der Waals surface area contributed by atoms with Crippen molar-refractivity contribution in [3.8, 4) is 0 Å². The number of rotatable bonds is 8. The van der Waals surface area contributed by atoms with Gasteiger partial charge >= 0.3 is 0 Å². The zero-order chi connectivity index (χ0) is 28.0. The van der Waals surface area contributed by atoms with Gasteiger partial charge in [0.05, 0.1) is 0 Å². The van der Waals surface area contributed by atoms with Gasteiger partial charge in [0, 0.05) is 54.9 Å². The molecule has 2 aliphatic heterocycles. The summed E-state index contributed by atoms with van der Waals surface area (Å²) in [6.45, 7) is 21.9. The van der Waals surface area contributed by atoms with Gasteiger partial charge < -0.3 is 15.1 Å². The zero-order valence-electron chi connectivity index (χ0n) is 26.2. The van der Waals surface area contributed by atoms with Crippen LogP contribution in [0.1, 0.15) is 101 Å². The molecule has 212 valence electrons. The standard InChI is InChI=1S/C29H56N8/c1-14-15-16-30-23-31-24(34(10)21-17-26(2,3)36(12)27(4,5)18-21)33-25(32-23)35(11)22-19-28(6,7)37(13)29(8,9)20-22/h21-22H,14-20H2,1-13H3,(H,30,31,32,33). The van der Waals surface area contributed by atoms with Crippen molar-refractivity contribution in [3.05, 3.63) is 0 Å². The Morgan fingerprint density at radius 1 is 0.703 bits per heavy atom. The van der Waals surface area contributed by atoms with Gasteiger partial charge in [-0.05, 0) is 102 Å². The van der Waals surface area contributed by atoms with E-state index in [-0.39, 0.29) is 22.2 Å². The summed E-state index contributed by atoms with van der Waals surface area (Å²) in [4.78, 5) is 24.6. The maximum Gasteiger partial charge on any atom is 0.231 e. The molecule has 0 saturated carbocycles. The first-order valence-electron chi connectivity index (χ1n) is 14.3. The van der Waals surface area contributed by atoms with E-state index in [1.165, 1.54) is 0 Å². The second kappa shape index (κ2) is 10.5. The van der Waals surface area contributed by atoms with E-state index in [0.29, 0.717) is 18.0 Å². The second-order valence-corrected chi connectivity index (χ2v) is 14.3. The Hall–Kier alpha value is -1.67. The van der Waals surface area contributed by atoms with Gasteiger partial charge in [0.2, 0.25) is 17.8 Å². The molecule has 8 heteroatoms. The van der Waals surface area contributed by atoms with Gasteiger partial charge in [0.15, 0.2) is 0 Å². The van der Waals surface area contributed by atoms with Crippen molar-refractivity contribution in [1.82, 2.24) is 24.8 Å². The Morgan fingerprint density at radius 3 is 1.38 bits per heavy atom. The predicted molar refractivity (Wildman–Crippen MR) is 158 cm³/mol. The van der Waals surface area contributed by atoms with Gasteiger partial charge in [0.25, 0.3) is 0 Å². The highest BCUT2D eigenvalue weighted by atomic mass is 15.4.